The third kappa shape index (κ3) is 4.68. The van der Waals surface area contributed by atoms with Gasteiger partial charge >= 0.3 is 0 Å². The third-order valence-electron chi connectivity index (χ3n) is 2.19. The maximum absolute atomic E-state index is 10.8. The molecule has 0 fully saturated rings. The predicted molar refractivity (Wildman–Crippen MR) is 65.9 cm³/mol. The molecule has 1 rings (SSSR count). The van der Waals surface area contributed by atoms with E-state index in [1.165, 1.54) is 0 Å². The minimum atomic E-state index is -0.355. The Balaban J connectivity index is 2.79. The van der Waals surface area contributed by atoms with Crippen molar-refractivity contribution in [1.29, 1.82) is 0 Å². The molecule has 0 saturated carbocycles. The molecule has 4 heteroatoms. The van der Waals surface area contributed by atoms with E-state index in [9.17, 15) is 4.79 Å². The number of carbonyl (C=O) groups excluding carboxylic acids is 1. The largest absolute Gasteiger partial charge is 0.384 e. The first-order valence-electron chi connectivity index (χ1n) is 5.28. The standard InChI is InChI=1S/C13H16N2O2/c1-15(10-13(14)17)9-12-6-3-2-5-11(12)7-4-8-16/h2-3,5-6,16H,8-10H2,1H3,(H2,14,17). The molecule has 0 radical (unpaired) electrons. The van der Waals surface area contributed by atoms with Crippen LogP contribution >= 0.6 is 0 Å². The van der Waals surface area contributed by atoms with Crippen LogP contribution in [0.15, 0.2) is 24.3 Å². The highest BCUT2D eigenvalue weighted by molar-refractivity contribution is 5.75. The smallest absolute Gasteiger partial charge is 0.231 e. The Bertz CT molecular complexity index is 446. The number of amides is 1. The molecule has 0 bridgehead atoms. The number of nitrogens with two attached hydrogens (primary N) is 1. The topological polar surface area (TPSA) is 66.6 Å². The lowest BCUT2D eigenvalue weighted by Gasteiger charge is -2.15. The van der Waals surface area contributed by atoms with Crippen LogP contribution in [0.2, 0.25) is 0 Å². The van der Waals surface area contributed by atoms with Crippen molar-refractivity contribution in [2.45, 2.75) is 6.54 Å². The first-order chi connectivity index (χ1) is 8.13. The number of hydrogen-bond acceptors (Lipinski definition) is 3. The summed E-state index contributed by atoms with van der Waals surface area (Å²) in [6, 6.07) is 7.63. The molecule has 4 nitrogen and oxygen atoms in total. The highest BCUT2D eigenvalue weighted by Gasteiger charge is 2.05. The minimum Gasteiger partial charge on any atom is -0.384 e. The van der Waals surface area contributed by atoms with Gasteiger partial charge in [0.2, 0.25) is 5.91 Å². The monoisotopic (exact) mass is 232 g/mol. The summed E-state index contributed by atoms with van der Waals surface area (Å²) in [6.45, 7) is 0.645. The number of primary amides is 1. The molecule has 1 aromatic rings. The Labute approximate surface area is 101 Å². The van der Waals surface area contributed by atoms with E-state index in [1.54, 1.807) is 0 Å². The number of rotatable bonds is 4. The van der Waals surface area contributed by atoms with Crippen LogP contribution in [0.3, 0.4) is 0 Å². The van der Waals surface area contributed by atoms with Gasteiger partial charge < -0.3 is 10.8 Å². The highest BCUT2D eigenvalue weighted by Crippen LogP contribution is 2.09. The van der Waals surface area contributed by atoms with E-state index in [2.05, 4.69) is 11.8 Å². The second-order valence-corrected chi connectivity index (χ2v) is 3.76. The summed E-state index contributed by atoms with van der Waals surface area (Å²) in [5.41, 5.74) is 6.99. The Hall–Kier alpha value is -1.83. The molecule has 0 saturated heterocycles. The number of aliphatic hydroxyl groups is 1. The van der Waals surface area contributed by atoms with Gasteiger partial charge in [-0.05, 0) is 18.7 Å². The molecule has 3 N–H and O–H groups in total. The van der Waals surface area contributed by atoms with Crippen molar-refractivity contribution >= 4 is 5.91 Å². The van der Waals surface area contributed by atoms with Crippen LogP contribution in [0.25, 0.3) is 0 Å². The molecule has 0 spiro atoms. The molecule has 1 amide bonds. The van der Waals surface area contributed by atoms with E-state index in [4.69, 9.17) is 10.8 Å². The number of hydrogen-bond donors (Lipinski definition) is 2. The minimum absolute atomic E-state index is 0.161. The van der Waals surface area contributed by atoms with Gasteiger partial charge in [-0.3, -0.25) is 9.69 Å². The van der Waals surface area contributed by atoms with E-state index in [-0.39, 0.29) is 19.1 Å². The first-order valence-corrected chi connectivity index (χ1v) is 5.28. The first kappa shape index (κ1) is 13.2. The van der Waals surface area contributed by atoms with Crippen LogP contribution in [0.4, 0.5) is 0 Å². The van der Waals surface area contributed by atoms with Crippen molar-refractivity contribution in [2.75, 3.05) is 20.2 Å². The Morgan fingerprint density at radius 1 is 1.47 bits per heavy atom. The van der Waals surface area contributed by atoms with Crippen molar-refractivity contribution < 1.29 is 9.90 Å². The van der Waals surface area contributed by atoms with Gasteiger partial charge in [-0.2, -0.15) is 0 Å². The Morgan fingerprint density at radius 2 is 2.18 bits per heavy atom. The quantitative estimate of drug-likeness (QED) is 0.715. The van der Waals surface area contributed by atoms with E-state index < -0.39 is 0 Å². The summed E-state index contributed by atoms with van der Waals surface area (Å²) in [4.78, 5) is 12.6. The maximum atomic E-state index is 10.8. The average Bonchev–Trinajstić information content (AvgIpc) is 2.26. The molecule has 90 valence electrons. The number of benzene rings is 1. The average molecular weight is 232 g/mol. The van der Waals surface area contributed by atoms with E-state index in [1.807, 2.05) is 36.2 Å². The number of likely N-dealkylation sites (N-methyl/N-ethyl adjacent to an activating group) is 1. The number of nitrogens with zero attached hydrogens (tertiary/aromatic N) is 1. The van der Waals surface area contributed by atoms with Gasteiger partial charge in [0.05, 0.1) is 6.54 Å². The second kappa shape index (κ2) is 6.69. The zero-order chi connectivity index (χ0) is 12.7. The van der Waals surface area contributed by atoms with Gasteiger partial charge in [0.15, 0.2) is 0 Å². The normalized spacial score (nSPS) is 9.82. The summed E-state index contributed by atoms with van der Waals surface area (Å²) in [5, 5.41) is 8.67. The molecule has 1 aromatic carbocycles. The van der Waals surface area contributed by atoms with Crippen molar-refractivity contribution in [3.63, 3.8) is 0 Å². The third-order valence-corrected chi connectivity index (χ3v) is 2.19. The molecule has 0 aliphatic carbocycles. The van der Waals surface area contributed by atoms with E-state index >= 15 is 0 Å². The van der Waals surface area contributed by atoms with Gasteiger partial charge in [0, 0.05) is 12.1 Å². The van der Waals surface area contributed by atoms with Crippen molar-refractivity contribution in [2.24, 2.45) is 5.73 Å². The van der Waals surface area contributed by atoms with Crippen molar-refractivity contribution in [3.8, 4) is 11.8 Å². The molecule has 0 atom stereocenters. The lowest BCUT2D eigenvalue weighted by Crippen LogP contribution is -2.30. The summed E-state index contributed by atoms with van der Waals surface area (Å²) >= 11 is 0. The molecule has 0 heterocycles. The predicted octanol–water partition coefficient (Wildman–Crippen LogP) is -0.0525. The van der Waals surface area contributed by atoms with Crippen LogP contribution in [0.5, 0.6) is 0 Å². The van der Waals surface area contributed by atoms with Crippen LogP contribution in [-0.2, 0) is 11.3 Å². The lowest BCUT2D eigenvalue weighted by molar-refractivity contribution is -0.118. The van der Waals surface area contributed by atoms with E-state index in [0.717, 1.165) is 11.1 Å². The van der Waals surface area contributed by atoms with Crippen molar-refractivity contribution in [3.05, 3.63) is 35.4 Å². The van der Waals surface area contributed by atoms with Gasteiger partial charge in [0.25, 0.3) is 0 Å². The van der Waals surface area contributed by atoms with Gasteiger partial charge in [-0.15, -0.1) is 0 Å². The fraction of sp³-hybridized carbons (Fsp3) is 0.308. The van der Waals surface area contributed by atoms with Gasteiger partial charge in [-0.1, -0.05) is 30.0 Å². The molecule has 0 unspecified atom stereocenters. The lowest BCUT2D eigenvalue weighted by atomic mass is 10.1. The zero-order valence-corrected chi connectivity index (χ0v) is 9.81. The summed E-state index contributed by atoms with van der Waals surface area (Å²) in [7, 11) is 1.82. The Kier molecular flexibility index (Phi) is 5.21. The van der Waals surface area contributed by atoms with Crippen LogP contribution in [0, 0.1) is 11.8 Å². The molecule has 0 aromatic heterocycles. The summed E-state index contributed by atoms with van der Waals surface area (Å²) in [6.07, 6.45) is 0. The second-order valence-electron chi connectivity index (χ2n) is 3.76. The van der Waals surface area contributed by atoms with Crippen LogP contribution in [-0.4, -0.2) is 36.1 Å². The SMILES string of the molecule is CN(CC(N)=O)Cc1ccccc1C#CCO. The van der Waals surface area contributed by atoms with E-state index in [0.29, 0.717) is 6.54 Å². The fourth-order valence-electron chi connectivity index (χ4n) is 1.53. The fourth-order valence-corrected chi connectivity index (χ4v) is 1.53. The number of carbonyl (C=O) groups is 1. The Morgan fingerprint density at radius 3 is 2.82 bits per heavy atom. The molecule has 0 aliphatic rings. The van der Waals surface area contributed by atoms with Crippen LogP contribution < -0.4 is 5.73 Å². The van der Waals surface area contributed by atoms with Crippen molar-refractivity contribution in [1.82, 2.24) is 4.90 Å². The molecular weight excluding hydrogens is 216 g/mol. The van der Waals surface area contributed by atoms with Gasteiger partial charge in [0.1, 0.15) is 6.61 Å². The summed E-state index contributed by atoms with van der Waals surface area (Å²) in [5.74, 6) is 5.14. The van der Waals surface area contributed by atoms with Crippen LogP contribution in [0.1, 0.15) is 11.1 Å². The molecule has 0 aliphatic heterocycles. The highest BCUT2D eigenvalue weighted by atomic mass is 16.2. The molecular formula is C13H16N2O2. The maximum Gasteiger partial charge on any atom is 0.231 e. The number of aliphatic hydroxyl groups excluding tert-OH is 1. The summed E-state index contributed by atoms with van der Waals surface area (Å²) < 4.78 is 0. The molecule has 17 heavy (non-hydrogen) atoms. The van der Waals surface area contributed by atoms with Gasteiger partial charge in [-0.25, -0.2) is 0 Å². The zero-order valence-electron chi connectivity index (χ0n) is 9.81.